The summed E-state index contributed by atoms with van der Waals surface area (Å²) in [6.07, 6.45) is 1.86. The van der Waals surface area contributed by atoms with E-state index in [0.29, 0.717) is 5.71 Å². The van der Waals surface area contributed by atoms with Gasteiger partial charge in [-0.15, -0.1) is 0 Å². The van der Waals surface area contributed by atoms with Crippen LogP contribution in [0.5, 0.6) is 0 Å². The maximum absolute atomic E-state index is 12.6. The third kappa shape index (κ3) is 4.23. The zero-order valence-corrected chi connectivity index (χ0v) is 17.4. The van der Waals surface area contributed by atoms with Crippen molar-refractivity contribution in [2.75, 3.05) is 18.5 Å². The molecule has 0 aliphatic carbocycles. The van der Waals surface area contributed by atoms with Crippen LogP contribution in [-0.2, 0) is 10.0 Å². The van der Waals surface area contributed by atoms with E-state index in [9.17, 15) is 18.5 Å². The third-order valence-corrected chi connectivity index (χ3v) is 6.54. The first-order chi connectivity index (χ1) is 13.1. The molecule has 0 spiro atoms. The van der Waals surface area contributed by atoms with Crippen LogP contribution >= 0.6 is 0 Å². The van der Waals surface area contributed by atoms with Gasteiger partial charge in [-0.25, -0.2) is 8.42 Å². The second kappa shape index (κ2) is 8.53. The average Bonchev–Trinajstić information content (AvgIpc) is 2.98. The first-order valence-electron chi connectivity index (χ1n) is 8.87. The lowest BCUT2D eigenvalue weighted by Crippen LogP contribution is -2.30. The number of aromatic nitrogens is 1. The first kappa shape index (κ1) is 21.6. The highest BCUT2D eigenvalue weighted by Gasteiger charge is 2.25. The Kier molecular flexibility index (Phi) is 6.57. The predicted octanol–water partition coefficient (Wildman–Crippen LogP) is 3.41. The van der Waals surface area contributed by atoms with Crippen LogP contribution in [0.25, 0.3) is 0 Å². The van der Waals surface area contributed by atoms with Crippen LogP contribution in [0.2, 0.25) is 0 Å². The van der Waals surface area contributed by atoms with Gasteiger partial charge in [0, 0.05) is 36.6 Å². The molecule has 152 valence electrons. The smallest absolute Gasteiger partial charge is 0.295 e. The number of anilines is 1. The summed E-state index contributed by atoms with van der Waals surface area (Å²) < 4.78 is 26.5. The van der Waals surface area contributed by atoms with Gasteiger partial charge in [-0.1, -0.05) is 13.8 Å². The summed E-state index contributed by atoms with van der Waals surface area (Å²) in [5.74, 6) is 0. The summed E-state index contributed by atoms with van der Waals surface area (Å²) >= 11 is 0. The van der Waals surface area contributed by atoms with Crippen LogP contribution in [0.4, 0.5) is 11.4 Å². The van der Waals surface area contributed by atoms with E-state index >= 15 is 0 Å². The van der Waals surface area contributed by atoms with E-state index in [1.165, 1.54) is 16.4 Å². The quantitative estimate of drug-likeness (QED) is 0.395. The highest BCUT2D eigenvalue weighted by molar-refractivity contribution is 7.89. The Bertz CT molecular complexity index is 987. The van der Waals surface area contributed by atoms with Crippen molar-refractivity contribution in [1.29, 1.82) is 0 Å². The molecule has 0 fully saturated rings. The Morgan fingerprint density at radius 2 is 1.93 bits per heavy atom. The number of H-pyrrole nitrogens is 1. The molecule has 0 unspecified atom stereocenters. The molecular formula is C18H25N5O4S. The zero-order chi connectivity index (χ0) is 21.1. The van der Waals surface area contributed by atoms with Crippen LogP contribution in [0.1, 0.15) is 37.6 Å². The van der Waals surface area contributed by atoms with Crippen molar-refractivity contribution in [2.24, 2.45) is 5.10 Å². The Labute approximate surface area is 164 Å². The number of sulfonamides is 1. The predicted molar refractivity (Wildman–Crippen MR) is 109 cm³/mol. The minimum atomic E-state index is -3.79. The zero-order valence-electron chi connectivity index (χ0n) is 16.6. The number of nitro groups is 1. The highest BCUT2D eigenvalue weighted by Crippen LogP contribution is 2.29. The number of aryl methyl sites for hydroxylation is 2. The van der Waals surface area contributed by atoms with E-state index in [1.807, 2.05) is 20.0 Å². The average molecular weight is 407 g/mol. The number of nitrogens with one attached hydrogen (secondary N) is 2. The maximum atomic E-state index is 12.6. The summed E-state index contributed by atoms with van der Waals surface area (Å²) in [7, 11) is -3.79. The molecule has 10 heteroatoms. The number of nitro benzene ring substituents is 1. The van der Waals surface area contributed by atoms with Gasteiger partial charge in [-0.3, -0.25) is 15.5 Å². The van der Waals surface area contributed by atoms with E-state index in [1.54, 1.807) is 20.8 Å². The Morgan fingerprint density at radius 1 is 1.29 bits per heavy atom. The molecule has 2 rings (SSSR count). The summed E-state index contributed by atoms with van der Waals surface area (Å²) in [5.41, 5.74) is 6.00. The number of rotatable bonds is 8. The number of hydrogen-bond acceptors (Lipinski definition) is 6. The second-order valence-corrected chi connectivity index (χ2v) is 8.24. The molecule has 2 aromatic rings. The van der Waals surface area contributed by atoms with Crippen molar-refractivity contribution in [3.05, 3.63) is 51.3 Å². The van der Waals surface area contributed by atoms with Gasteiger partial charge in [-0.05, 0) is 38.5 Å². The Morgan fingerprint density at radius 3 is 2.43 bits per heavy atom. The summed E-state index contributed by atoms with van der Waals surface area (Å²) in [6, 6.07) is 3.77. The number of hydrazone groups is 1. The second-order valence-electron chi connectivity index (χ2n) is 6.31. The SMILES string of the molecule is CCN(CC)S(=O)(=O)c1ccc(N/N=C(\C)c2c(C)c[nH]c2C)c([N+](=O)[O-])c1. The molecule has 0 saturated carbocycles. The topological polar surface area (TPSA) is 121 Å². The van der Waals surface area contributed by atoms with Crippen LogP contribution < -0.4 is 5.43 Å². The number of aromatic amines is 1. The largest absolute Gasteiger partial charge is 0.364 e. The van der Waals surface area contributed by atoms with E-state index in [2.05, 4.69) is 15.5 Å². The molecule has 28 heavy (non-hydrogen) atoms. The molecule has 9 nitrogen and oxygen atoms in total. The van der Waals surface area contributed by atoms with Crippen molar-refractivity contribution < 1.29 is 13.3 Å². The number of nitrogens with zero attached hydrogens (tertiary/aromatic N) is 3. The van der Waals surface area contributed by atoms with Gasteiger partial charge in [0.25, 0.3) is 5.69 Å². The lowest BCUT2D eigenvalue weighted by atomic mass is 10.1. The molecule has 1 aromatic carbocycles. The fraction of sp³-hybridized carbons (Fsp3) is 0.389. The standard InChI is InChI=1S/C18H25N5O4S/c1-6-22(7-2)28(26,27)15-8-9-16(17(10-15)23(24)25)21-20-14(5)18-12(3)11-19-13(18)4/h8-11,19,21H,6-7H2,1-5H3/b20-14+. The van der Waals surface area contributed by atoms with E-state index in [4.69, 9.17) is 0 Å². The number of hydrogen-bond donors (Lipinski definition) is 2. The molecule has 1 heterocycles. The highest BCUT2D eigenvalue weighted by atomic mass is 32.2. The van der Waals surface area contributed by atoms with Crippen LogP contribution in [0, 0.1) is 24.0 Å². The van der Waals surface area contributed by atoms with Gasteiger partial charge < -0.3 is 4.98 Å². The monoisotopic (exact) mass is 407 g/mol. The minimum Gasteiger partial charge on any atom is -0.364 e. The molecule has 0 amide bonds. The van der Waals surface area contributed by atoms with Crippen molar-refractivity contribution in [1.82, 2.24) is 9.29 Å². The van der Waals surface area contributed by atoms with E-state index < -0.39 is 14.9 Å². The van der Waals surface area contributed by atoms with Gasteiger partial charge in [-0.2, -0.15) is 9.41 Å². The fourth-order valence-electron chi connectivity index (χ4n) is 3.04. The summed E-state index contributed by atoms with van der Waals surface area (Å²) in [4.78, 5) is 13.9. The third-order valence-electron chi connectivity index (χ3n) is 4.49. The van der Waals surface area contributed by atoms with E-state index in [-0.39, 0.29) is 29.4 Å². The molecule has 0 atom stereocenters. The Balaban J connectivity index is 2.42. The van der Waals surface area contributed by atoms with Gasteiger partial charge in [0.15, 0.2) is 0 Å². The molecular weight excluding hydrogens is 382 g/mol. The van der Waals surface area contributed by atoms with E-state index in [0.717, 1.165) is 22.9 Å². The van der Waals surface area contributed by atoms with Crippen LogP contribution in [0.3, 0.4) is 0 Å². The minimum absolute atomic E-state index is 0.119. The van der Waals surface area contributed by atoms with Gasteiger partial charge in [0.05, 0.1) is 15.5 Å². The number of benzene rings is 1. The Hall–Kier alpha value is -2.72. The van der Waals surface area contributed by atoms with Crippen molar-refractivity contribution in [2.45, 2.75) is 39.5 Å². The molecule has 0 aliphatic heterocycles. The summed E-state index contributed by atoms with van der Waals surface area (Å²) in [5, 5.41) is 15.7. The lowest BCUT2D eigenvalue weighted by molar-refractivity contribution is -0.384. The molecule has 0 bridgehead atoms. The van der Waals surface area contributed by atoms with Crippen LogP contribution in [-0.4, -0.2) is 41.4 Å². The van der Waals surface area contributed by atoms with Gasteiger partial charge >= 0.3 is 0 Å². The normalized spacial score (nSPS) is 12.4. The molecule has 0 saturated heterocycles. The summed E-state index contributed by atoms with van der Waals surface area (Å²) in [6.45, 7) is 9.64. The lowest BCUT2D eigenvalue weighted by Gasteiger charge is -2.18. The fourth-order valence-corrected chi connectivity index (χ4v) is 4.52. The molecule has 2 N–H and O–H groups in total. The maximum Gasteiger partial charge on any atom is 0.295 e. The first-order valence-corrected chi connectivity index (χ1v) is 10.3. The molecule has 0 radical (unpaired) electrons. The molecule has 0 aliphatic rings. The van der Waals surface area contributed by atoms with Crippen molar-refractivity contribution >= 4 is 27.1 Å². The van der Waals surface area contributed by atoms with Crippen LogP contribution in [0.15, 0.2) is 34.4 Å². The van der Waals surface area contributed by atoms with Crippen molar-refractivity contribution in [3.63, 3.8) is 0 Å². The van der Waals surface area contributed by atoms with Gasteiger partial charge in [0.2, 0.25) is 10.0 Å². The van der Waals surface area contributed by atoms with Gasteiger partial charge in [0.1, 0.15) is 5.69 Å². The van der Waals surface area contributed by atoms with Crippen molar-refractivity contribution in [3.8, 4) is 0 Å². The molecule has 1 aromatic heterocycles.